The standard InChI is InChI=1S/C16H16N4O3S/c1-2-23-13-7-9-14(10-8-13)24(21,22)19-15-5-3-4-6-16(15)20-12-17-11-18-20/h3-12,19H,2H2,1H3. The van der Waals surface area contributed by atoms with Gasteiger partial charge >= 0.3 is 0 Å². The van der Waals surface area contributed by atoms with Gasteiger partial charge in [0.15, 0.2) is 0 Å². The fourth-order valence-electron chi connectivity index (χ4n) is 2.18. The minimum atomic E-state index is -3.73. The molecule has 1 aromatic heterocycles. The molecule has 0 fully saturated rings. The Morgan fingerprint density at radius 2 is 1.88 bits per heavy atom. The summed E-state index contributed by atoms with van der Waals surface area (Å²) >= 11 is 0. The number of aromatic nitrogens is 3. The molecule has 24 heavy (non-hydrogen) atoms. The summed E-state index contributed by atoms with van der Waals surface area (Å²) in [4.78, 5) is 4.03. The van der Waals surface area contributed by atoms with Crippen LogP contribution in [-0.2, 0) is 10.0 Å². The van der Waals surface area contributed by atoms with E-state index in [1.54, 1.807) is 36.4 Å². The van der Waals surface area contributed by atoms with Gasteiger partial charge in [0, 0.05) is 0 Å². The number of nitrogens with one attached hydrogen (secondary N) is 1. The second-order valence-corrected chi connectivity index (χ2v) is 6.55. The molecule has 0 unspecified atom stereocenters. The van der Waals surface area contributed by atoms with Crippen molar-refractivity contribution in [3.05, 3.63) is 61.2 Å². The molecule has 0 atom stereocenters. The van der Waals surface area contributed by atoms with E-state index in [9.17, 15) is 8.42 Å². The highest BCUT2D eigenvalue weighted by molar-refractivity contribution is 7.92. The maximum absolute atomic E-state index is 12.6. The molecule has 0 radical (unpaired) electrons. The Bertz CT molecular complexity index is 907. The minimum Gasteiger partial charge on any atom is -0.494 e. The maximum Gasteiger partial charge on any atom is 0.261 e. The molecule has 1 heterocycles. The van der Waals surface area contributed by atoms with Gasteiger partial charge in [-0.1, -0.05) is 12.1 Å². The van der Waals surface area contributed by atoms with Crippen molar-refractivity contribution in [2.45, 2.75) is 11.8 Å². The highest BCUT2D eigenvalue weighted by Gasteiger charge is 2.16. The van der Waals surface area contributed by atoms with E-state index in [0.29, 0.717) is 23.7 Å². The molecule has 8 heteroatoms. The first kappa shape index (κ1) is 16.0. The van der Waals surface area contributed by atoms with Gasteiger partial charge in [-0.05, 0) is 43.3 Å². The molecule has 0 aliphatic carbocycles. The number of hydrogen-bond acceptors (Lipinski definition) is 5. The summed E-state index contributed by atoms with van der Waals surface area (Å²) in [6.45, 7) is 2.39. The predicted octanol–water partition coefficient (Wildman–Crippen LogP) is 2.47. The van der Waals surface area contributed by atoms with Crippen LogP contribution in [0.5, 0.6) is 5.75 Å². The second kappa shape index (κ2) is 6.71. The quantitative estimate of drug-likeness (QED) is 0.742. The van der Waals surface area contributed by atoms with Gasteiger partial charge in [-0.15, -0.1) is 0 Å². The third-order valence-electron chi connectivity index (χ3n) is 3.26. The summed E-state index contributed by atoms with van der Waals surface area (Å²) in [6.07, 6.45) is 2.89. The van der Waals surface area contributed by atoms with E-state index in [2.05, 4.69) is 14.8 Å². The first-order valence-corrected chi connectivity index (χ1v) is 8.78. The topological polar surface area (TPSA) is 86.1 Å². The number of rotatable bonds is 6. The predicted molar refractivity (Wildman–Crippen MR) is 89.8 cm³/mol. The molecular weight excluding hydrogens is 328 g/mol. The molecular formula is C16H16N4O3S. The van der Waals surface area contributed by atoms with Gasteiger partial charge in [0.2, 0.25) is 0 Å². The van der Waals surface area contributed by atoms with Crippen molar-refractivity contribution in [3.63, 3.8) is 0 Å². The molecule has 0 bridgehead atoms. The van der Waals surface area contributed by atoms with Gasteiger partial charge in [-0.25, -0.2) is 18.1 Å². The first-order chi connectivity index (χ1) is 11.6. The summed E-state index contributed by atoms with van der Waals surface area (Å²) in [6, 6.07) is 13.2. The summed E-state index contributed by atoms with van der Waals surface area (Å²) in [5.74, 6) is 0.625. The van der Waals surface area contributed by atoms with Gasteiger partial charge in [0.25, 0.3) is 10.0 Å². The van der Waals surface area contributed by atoms with Gasteiger partial charge in [0.05, 0.1) is 22.9 Å². The van der Waals surface area contributed by atoms with Crippen LogP contribution in [0.3, 0.4) is 0 Å². The Kier molecular flexibility index (Phi) is 4.48. The number of ether oxygens (including phenoxy) is 1. The van der Waals surface area contributed by atoms with Crippen LogP contribution >= 0.6 is 0 Å². The van der Waals surface area contributed by atoms with Crippen LogP contribution in [0.25, 0.3) is 5.69 Å². The molecule has 1 N–H and O–H groups in total. The lowest BCUT2D eigenvalue weighted by atomic mass is 10.3. The van der Waals surface area contributed by atoms with E-state index in [4.69, 9.17) is 4.74 Å². The van der Waals surface area contributed by atoms with E-state index >= 15 is 0 Å². The number of para-hydroxylation sites is 2. The zero-order valence-electron chi connectivity index (χ0n) is 13.0. The van der Waals surface area contributed by atoms with E-state index in [0.717, 1.165) is 0 Å². The molecule has 0 saturated carbocycles. The summed E-state index contributed by atoms with van der Waals surface area (Å²) in [5.41, 5.74) is 1.00. The SMILES string of the molecule is CCOc1ccc(S(=O)(=O)Nc2ccccc2-n2cncn2)cc1. The van der Waals surface area contributed by atoms with E-state index in [1.807, 2.05) is 6.92 Å². The number of sulfonamides is 1. The summed E-state index contributed by atoms with van der Waals surface area (Å²) in [7, 11) is -3.73. The van der Waals surface area contributed by atoms with Crippen molar-refractivity contribution in [2.75, 3.05) is 11.3 Å². The Hall–Kier alpha value is -2.87. The van der Waals surface area contributed by atoms with Gasteiger partial charge in [-0.3, -0.25) is 4.72 Å². The zero-order chi connectivity index (χ0) is 17.0. The fourth-order valence-corrected chi connectivity index (χ4v) is 3.25. The van der Waals surface area contributed by atoms with Crippen molar-refractivity contribution >= 4 is 15.7 Å². The Morgan fingerprint density at radius 1 is 1.12 bits per heavy atom. The molecule has 0 saturated heterocycles. The van der Waals surface area contributed by atoms with Crippen LogP contribution in [0.2, 0.25) is 0 Å². The van der Waals surface area contributed by atoms with Crippen LogP contribution in [-0.4, -0.2) is 29.8 Å². The monoisotopic (exact) mass is 344 g/mol. The lowest BCUT2D eigenvalue weighted by Gasteiger charge is -2.12. The third-order valence-corrected chi connectivity index (χ3v) is 4.64. The number of nitrogens with zero attached hydrogens (tertiary/aromatic N) is 3. The van der Waals surface area contributed by atoms with Crippen molar-refractivity contribution in [2.24, 2.45) is 0 Å². The van der Waals surface area contributed by atoms with Crippen LogP contribution in [0.1, 0.15) is 6.92 Å². The number of hydrogen-bond donors (Lipinski definition) is 1. The largest absolute Gasteiger partial charge is 0.494 e. The van der Waals surface area contributed by atoms with Crippen molar-refractivity contribution in [3.8, 4) is 11.4 Å². The molecule has 0 amide bonds. The number of anilines is 1. The molecule has 0 spiro atoms. The highest BCUT2D eigenvalue weighted by Crippen LogP contribution is 2.23. The normalized spacial score (nSPS) is 11.2. The van der Waals surface area contributed by atoms with E-state index in [-0.39, 0.29) is 4.90 Å². The van der Waals surface area contributed by atoms with Crippen molar-refractivity contribution < 1.29 is 13.2 Å². The summed E-state index contributed by atoms with van der Waals surface area (Å²) < 4.78 is 34.6. The van der Waals surface area contributed by atoms with Gasteiger partial charge in [0.1, 0.15) is 18.4 Å². The molecule has 3 aromatic rings. The van der Waals surface area contributed by atoms with E-state index in [1.165, 1.54) is 29.5 Å². The second-order valence-electron chi connectivity index (χ2n) is 4.87. The number of benzene rings is 2. The zero-order valence-corrected chi connectivity index (χ0v) is 13.8. The maximum atomic E-state index is 12.6. The van der Waals surface area contributed by atoms with E-state index < -0.39 is 10.0 Å². The lowest BCUT2D eigenvalue weighted by molar-refractivity contribution is 0.340. The lowest BCUT2D eigenvalue weighted by Crippen LogP contribution is -2.14. The van der Waals surface area contributed by atoms with Crippen molar-refractivity contribution in [1.29, 1.82) is 0 Å². The Labute approximate surface area is 140 Å². The molecule has 2 aromatic carbocycles. The highest BCUT2D eigenvalue weighted by atomic mass is 32.2. The average molecular weight is 344 g/mol. The molecule has 7 nitrogen and oxygen atoms in total. The Morgan fingerprint density at radius 3 is 2.54 bits per heavy atom. The van der Waals surface area contributed by atoms with Gasteiger partial charge < -0.3 is 4.74 Å². The van der Waals surface area contributed by atoms with Crippen molar-refractivity contribution in [1.82, 2.24) is 14.8 Å². The van der Waals surface area contributed by atoms with Crippen LogP contribution in [0.4, 0.5) is 5.69 Å². The molecule has 0 aliphatic heterocycles. The fraction of sp³-hybridized carbons (Fsp3) is 0.125. The average Bonchev–Trinajstić information content (AvgIpc) is 3.10. The molecule has 0 aliphatic rings. The molecule has 124 valence electrons. The Balaban J connectivity index is 1.90. The minimum absolute atomic E-state index is 0.152. The first-order valence-electron chi connectivity index (χ1n) is 7.30. The van der Waals surface area contributed by atoms with Gasteiger partial charge in [-0.2, -0.15) is 5.10 Å². The third kappa shape index (κ3) is 3.38. The van der Waals surface area contributed by atoms with Crippen LogP contribution in [0, 0.1) is 0 Å². The molecule has 3 rings (SSSR count). The smallest absolute Gasteiger partial charge is 0.261 e. The van der Waals surface area contributed by atoms with Crippen LogP contribution in [0.15, 0.2) is 66.1 Å². The summed E-state index contributed by atoms with van der Waals surface area (Å²) in [5, 5.41) is 4.04. The van der Waals surface area contributed by atoms with Crippen LogP contribution < -0.4 is 9.46 Å².